The first-order valence-corrected chi connectivity index (χ1v) is 8.62. The monoisotopic (exact) mass is 332 g/mol. The second kappa shape index (κ2) is 6.37. The first-order chi connectivity index (χ1) is 11.8. The van der Waals surface area contributed by atoms with E-state index in [4.69, 9.17) is 0 Å². The van der Waals surface area contributed by atoms with E-state index in [0.717, 1.165) is 15.8 Å². The quantitative estimate of drug-likeness (QED) is 0.576. The Morgan fingerprint density at radius 2 is 1.75 bits per heavy atom. The molecule has 24 heavy (non-hydrogen) atoms. The molecule has 0 fully saturated rings. The Labute approximate surface area is 144 Å². The lowest BCUT2D eigenvalue weighted by Crippen LogP contribution is -2.06. The van der Waals surface area contributed by atoms with Gasteiger partial charge in [-0.3, -0.25) is 4.98 Å². The van der Waals surface area contributed by atoms with Crippen molar-refractivity contribution >= 4 is 27.2 Å². The van der Waals surface area contributed by atoms with Gasteiger partial charge in [0.05, 0.1) is 6.04 Å². The summed E-state index contributed by atoms with van der Waals surface area (Å²) in [4.78, 5) is 4.32. The highest BCUT2D eigenvalue weighted by molar-refractivity contribution is 7.18. The Balaban J connectivity index is 1.60. The lowest BCUT2D eigenvalue weighted by Gasteiger charge is -2.15. The van der Waals surface area contributed by atoms with E-state index in [1.807, 2.05) is 18.2 Å². The summed E-state index contributed by atoms with van der Waals surface area (Å²) in [5, 5.41) is 16.1. The predicted octanol–water partition coefficient (Wildman–Crippen LogP) is 4.93. The fraction of sp³-hybridized carbons (Fsp3) is 0.105. The molecule has 0 aliphatic carbocycles. The van der Waals surface area contributed by atoms with Crippen LogP contribution in [0, 0.1) is 0 Å². The van der Waals surface area contributed by atoms with Gasteiger partial charge in [-0.15, -0.1) is 10.2 Å². The highest BCUT2D eigenvalue weighted by atomic mass is 32.1. The van der Waals surface area contributed by atoms with Crippen molar-refractivity contribution in [3.05, 3.63) is 72.4 Å². The van der Waals surface area contributed by atoms with Crippen molar-refractivity contribution in [1.29, 1.82) is 0 Å². The van der Waals surface area contributed by atoms with Crippen LogP contribution < -0.4 is 5.32 Å². The summed E-state index contributed by atoms with van der Waals surface area (Å²) >= 11 is 1.52. The van der Waals surface area contributed by atoms with Gasteiger partial charge in [0.2, 0.25) is 5.13 Å². The Hall–Kier alpha value is -2.79. The molecule has 118 valence electrons. The minimum atomic E-state index is 0.139. The Kier molecular flexibility index (Phi) is 3.92. The van der Waals surface area contributed by atoms with Gasteiger partial charge in [-0.25, -0.2) is 0 Å². The molecule has 0 aliphatic rings. The van der Waals surface area contributed by atoms with Gasteiger partial charge in [0.15, 0.2) is 5.01 Å². The van der Waals surface area contributed by atoms with E-state index in [9.17, 15) is 0 Å². The van der Waals surface area contributed by atoms with Crippen molar-refractivity contribution in [2.45, 2.75) is 13.0 Å². The van der Waals surface area contributed by atoms with Crippen LogP contribution in [0.25, 0.3) is 21.5 Å². The maximum absolute atomic E-state index is 4.32. The minimum Gasteiger partial charge on any atom is -0.354 e. The minimum absolute atomic E-state index is 0.139. The number of benzene rings is 2. The normalized spacial score (nSPS) is 12.2. The summed E-state index contributed by atoms with van der Waals surface area (Å²) in [5.74, 6) is 0. The fourth-order valence-electron chi connectivity index (χ4n) is 2.77. The first kappa shape index (κ1) is 14.8. The van der Waals surface area contributed by atoms with Crippen LogP contribution in [0.15, 0.2) is 66.9 Å². The summed E-state index contributed by atoms with van der Waals surface area (Å²) in [7, 11) is 0. The van der Waals surface area contributed by atoms with E-state index in [2.05, 4.69) is 69.9 Å². The van der Waals surface area contributed by atoms with Crippen molar-refractivity contribution in [3.63, 3.8) is 0 Å². The second-order valence-corrected chi connectivity index (χ2v) is 6.54. The van der Waals surface area contributed by atoms with Gasteiger partial charge in [0.25, 0.3) is 0 Å². The third kappa shape index (κ3) is 2.86. The van der Waals surface area contributed by atoms with Crippen molar-refractivity contribution in [3.8, 4) is 10.7 Å². The van der Waals surface area contributed by atoms with Gasteiger partial charge in [-0.05, 0) is 35.4 Å². The molecule has 0 bridgehead atoms. The van der Waals surface area contributed by atoms with Crippen LogP contribution in [-0.4, -0.2) is 15.2 Å². The van der Waals surface area contributed by atoms with Gasteiger partial charge in [0.1, 0.15) is 5.69 Å². The predicted molar refractivity (Wildman–Crippen MR) is 99.1 cm³/mol. The summed E-state index contributed by atoms with van der Waals surface area (Å²) in [6.45, 7) is 2.14. The van der Waals surface area contributed by atoms with Crippen LogP contribution in [0.2, 0.25) is 0 Å². The van der Waals surface area contributed by atoms with E-state index < -0.39 is 0 Å². The highest BCUT2D eigenvalue weighted by Crippen LogP contribution is 2.30. The molecule has 1 N–H and O–H groups in total. The summed E-state index contributed by atoms with van der Waals surface area (Å²) in [5.41, 5.74) is 2.10. The number of nitrogens with one attached hydrogen (secondary N) is 1. The van der Waals surface area contributed by atoms with Gasteiger partial charge < -0.3 is 5.32 Å². The second-order valence-electron chi connectivity index (χ2n) is 5.56. The van der Waals surface area contributed by atoms with Crippen LogP contribution in [0.5, 0.6) is 0 Å². The van der Waals surface area contributed by atoms with Crippen molar-refractivity contribution in [2.24, 2.45) is 0 Å². The molecule has 0 saturated heterocycles. The molecule has 4 nitrogen and oxygen atoms in total. The molecule has 4 aromatic rings. The SMILES string of the molecule is CC(Nc1nnc(-c2ccccn2)s1)c1cccc2ccccc12. The van der Waals surface area contributed by atoms with Crippen LogP contribution in [0.4, 0.5) is 5.13 Å². The molecular weight excluding hydrogens is 316 g/mol. The molecule has 0 saturated carbocycles. The molecule has 5 heteroatoms. The summed E-state index contributed by atoms with van der Waals surface area (Å²) in [6, 6.07) is 20.7. The Morgan fingerprint density at radius 1 is 0.917 bits per heavy atom. The summed E-state index contributed by atoms with van der Waals surface area (Å²) < 4.78 is 0. The number of hydrogen-bond donors (Lipinski definition) is 1. The smallest absolute Gasteiger partial charge is 0.206 e. The molecule has 1 unspecified atom stereocenters. The molecule has 4 rings (SSSR count). The lowest BCUT2D eigenvalue weighted by molar-refractivity contribution is 0.882. The maximum atomic E-state index is 4.32. The van der Waals surface area contributed by atoms with Crippen molar-refractivity contribution < 1.29 is 0 Å². The van der Waals surface area contributed by atoms with Gasteiger partial charge in [-0.1, -0.05) is 59.9 Å². The molecule has 2 aromatic carbocycles. The van der Waals surface area contributed by atoms with E-state index in [1.165, 1.54) is 27.7 Å². The zero-order valence-corrected chi connectivity index (χ0v) is 14.0. The van der Waals surface area contributed by atoms with Gasteiger partial charge in [-0.2, -0.15) is 0 Å². The Bertz CT molecular complexity index is 960. The van der Waals surface area contributed by atoms with Crippen LogP contribution in [0.1, 0.15) is 18.5 Å². The van der Waals surface area contributed by atoms with E-state index in [1.54, 1.807) is 6.20 Å². The summed E-state index contributed by atoms with van der Waals surface area (Å²) in [6.07, 6.45) is 1.77. The standard InChI is InChI=1S/C19H16N4S/c1-13(15-10-6-8-14-7-2-3-9-16(14)15)21-19-23-22-18(24-19)17-11-4-5-12-20-17/h2-13H,1H3,(H,21,23). The maximum Gasteiger partial charge on any atom is 0.206 e. The molecule has 0 amide bonds. The highest BCUT2D eigenvalue weighted by Gasteiger charge is 2.13. The van der Waals surface area contributed by atoms with Crippen LogP contribution >= 0.6 is 11.3 Å². The van der Waals surface area contributed by atoms with Crippen LogP contribution in [0.3, 0.4) is 0 Å². The van der Waals surface area contributed by atoms with Crippen molar-refractivity contribution in [1.82, 2.24) is 15.2 Å². The molecule has 0 aliphatic heterocycles. The molecule has 2 aromatic heterocycles. The number of aromatic nitrogens is 3. The molecule has 0 spiro atoms. The largest absolute Gasteiger partial charge is 0.354 e. The number of anilines is 1. The van der Waals surface area contributed by atoms with Crippen molar-refractivity contribution in [2.75, 3.05) is 5.32 Å². The van der Waals surface area contributed by atoms with Gasteiger partial charge >= 0.3 is 0 Å². The van der Waals surface area contributed by atoms with E-state index in [-0.39, 0.29) is 6.04 Å². The first-order valence-electron chi connectivity index (χ1n) is 7.80. The molecule has 1 atom stereocenters. The van der Waals surface area contributed by atoms with Crippen LogP contribution in [-0.2, 0) is 0 Å². The van der Waals surface area contributed by atoms with E-state index >= 15 is 0 Å². The Morgan fingerprint density at radius 3 is 2.62 bits per heavy atom. The number of fused-ring (bicyclic) bond motifs is 1. The third-order valence-electron chi connectivity index (χ3n) is 3.94. The van der Waals surface area contributed by atoms with Gasteiger partial charge in [0, 0.05) is 6.20 Å². The molecular formula is C19H16N4S. The number of hydrogen-bond acceptors (Lipinski definition) is 5. The van der Waals surface area contributed by atoms with E-state index in [0.29, 0.717) is 0 Å². The zero-order valence-electron chi connectivity index (χ0n) is 13.2. The number of nitrogens with zero attached hydrogens (tertiary/aromatic N) is 3. The molecule has 2 heterocycles. The average molecular weight is 332 g/mol. The topological polar surface area (TPSA) is 50.7 Å². The number of rotatable bonds is 4. The lowest BCUT2D eigenvalue weighted by atomic mass is 10.00. The average Bonchev–Trinajstić information content (AvgIpc) is 3.10. The molecule has 0 radical (unpaired) electrons. The number of pyridine rings is 1. The zero-order chi connectivity index (χ0) is 16.4. The fourth-order valence-corrected chi connectivity index (χ4v) is 3.57. The third-order valence-corrected chi connectivity index (χ3v) is 4.82.